The van der Waals surface area contributed by atoms with Gasteiger partial charge in [0, 0.05) is 32.7 Å². The minimum Gasteiger partial charge on any atom is -0.299 e. The summed E-state index contributed by atoms with van der Waals surface area (Å²) in [6.07, 6.45) is 9.31. The first-order valence-corrected chi connectivity index (χ1v) is 9.96. The van der Waals surface area contributed by atoms with Crippen molar-refractivity contribution in [1.82, 2.24) is 24.8 Å². The van der Waals surface area contributed by atoms with Gasteiger partial charge < -0.3 is 0 Å². The minimum absolute atomic E-state index is 0.452. The highest BCUT2D eigenvalue weighted by Gasteiger charge is 2.29. The van der Waals surface area contributed by atoms with Crippen molar-refractivity contribution in [2.45, 2.75) is 66.0 Å². The van der Waals surface area contributed by atoms with Crippen LogP contribution in [-0.4, -0.2) is 57.5 Å². The summed E-state index contributed by atoms with van der Waals surface area (Å²) in [5.74, 6) is 0. The van der Waals surface area contributed by atoms with E-state index in [-0.39, 0.29) is 0 Å². The lowest BCUT2D eigenvalue weighted by atomic mass is 9.93. The summed E-state index contributed by atoms with van der Waals surface area (Å²) in [4.78, 5) is 5.09. The molecule has 0 aromatic carbocycles. The topological polar surface area (TPSA) is 37.2 Å². The fraction of sp³-hybridized carbons (Fsp3) is 0.800. The zero-order valence-corrected chi connectivity index (χ0v) is 16.5. The molecule has 1 aromatic heterocycles. The summed E-state index contributed by atoms with van der Waals surface area (Å²) in [7, 11) is 0. The van der Waals surface area contributed by atoms with E-state index in [1.54, 1.807) is 0 Å². The molecule has 0 unspecified atom stereocenters. The third kappa shape index (κ3) is 5.14. The van der Waals surface area contributed by atoms with Gasteiger partial charge in [0.05, 0.1) is 17.9 Å². The van der Waals surface area contributed by atoms with Gasteiger partial charge in [-0.3, -0.25) is 9.80 Å². The van der Waals surface area contributed by atoms with Gasteiger partial charge in [-0.25, -0.2) is 4.68 Å². The molecule has 2 aliphatic heterocycles. The molecule has 5 heteroatoms. The molecule has 3 heterocycles. The van der Waals surface area contributed by atoms with Crippen LogP contribution in [0, 0.1) is 5.41 Å². The smallest absolute Gasteiger partial charge is 0.0967 e. The Kier molecular flexibility index (Phi) is 5.95. The van der Waals surface area contributed by atoms with Crippen molar-refractivity contribution in [3.63, 3.8) is 0 Å². The lowest BCUT2D eigenvalue weighted by Gasteiger charge is -2.32. The van der Waals surface area contributed by atoms with Crippen molar-refractivity contribution in [2.24, 2.45) is 5.41 Å². The second-order valence-electron chi connectivity index (χ2n) is 8.78. The van der Waals surface area contributed by atoms with Gasteiger partial charge in [-0.2, -0.15) is 0 Å². The number of nitrogens with zero attached hydrogens (tertiary/aromatic N) is 5. The highest BCUT2D eigenvalue weighted by Crippen LogP contribution is 2.29. The number of hydrogen-bond donors (Lipinski definition) is 0. The summed E-state index contributed by atoms with van der Waals surface area (Å²) >= 11 is 0. The lowest BCUT2D eigenvalue weighted by molar-refractivity contribution is 0.190. The van der Waals surface area contributed by atoms with Gasteiger partial charge >= 0.3 is 0 Å². The average molecular weight is 346 g/mol. The van der Waals surface area contributed by atoms with Crippen LogP contribution in [0.2, 0.25) is 0 Å². The molecule has 0 spiro atoms. The van der Waals surface area contributed by atoms with Crippen LogP contribution in [0.4, 0.5) is 0 Å². The molecule has 0 bridgehead atoms. The summed E-state index contributed by atoms with van der Waals surface area (Å²) in [6.45, 7) is 15.9. The predicted octanol–water partition coefficient (Wildman–Crippen LogP) is 3.50. The van der Waals surface area contributed by atoms with Crippen molar-refractivity contribution >= 4 is 0 Å². The van der Waals surface area contributed by atoms with E-state index < -0.39 is 0 Å². The summed E-state index contributed by atoms with van der Waals surface area (Å²) in [5, 5.41) is 8.89. The van der Waals surface area contributed by atoms with Crippen LogP contribution in [-0.2, 0) is 6.54 Å². The second-order valence-corrected chi connectivity index (χ2v) is 8.78. The van der Waals surface area contributed by atoms with E-state index in [2.05, 4.69) is 64.8 Å². The van der Waals surface area contributed by atoms with Crippen molar-refractivity contribution in [3.05, 3.63) is 23.5 Å². The lowest BCUT2D eigenvalue weighted by Crippen LogP contribution is -2.35. The largest absolute Gasteiger partial charge is 0.299 e. The Morgan fingerprint density at radius 1 is 1.24 bits per heavy atom. The maximum absolute atomic E-state index is 4.44. The van der Waals surface area contributed by atoms with Gasteiger partial charge in [0.1, 0.15) is 0 Å². The van der Waals surface area contributed by atoms with E-state index in [0.717, 1.165) is 38.3 Å². The number of likely N-dealkylation sites (tertiary alicyclic amines) is 2. The van der Waals surface area contributed by atoms with Gasteiger partial charge in [-0.05, 0) is 44.6 Å². The normalized spacial score (nSPS) is 23.4. The standard InChI is InChI=1S/C20H35N5/c1-5-6-17(2)13-23-10-7-19(8-11-23)25-15-18(21-22-25)14-24-12-9-20(3,4)16-24/h6,15,19H,5,7-14,16H2,1-4H3. The number of piperidine rings is 1. The van der Waals surface area contributed by atoms with Gasteiger partial charge in [-0.1, -0.05) is 37.6 Å². The first-order valence-electron chi connectivity index (χ1n) is 9.96. The van der Waals surface area contributed by atoms with E-state index in [1.807, 2.05) is 0 Å². The van der Waals surface area contributed by atoms with Crippen LogP contribution in [0.25, 0.3) is 0 Å². The van der Waals surface area contributed by atoms with E-state index in [0.29, 0.717) is 11.5 Å². The van der Waals surface area contributed by atoms with Crippen LogP contribution in [0.3, 0.4) is 0 Å². The van der Waals surface area contributed by atoms with Gasteiger partial charge in [0.2, 0.25) is 0 Å². The summed E-state index contributed by atoms with van der Waals surface area (Å²) < 4.78 is 2.13. The molecule has 2 saturated heterocycles. The Labute approximate surface area is 153 Å². The molecule has 1 aromatic rings. The van der Waals surface area contributed by atoms with Gasteiger partial charge in [-0.15, -0.1) is 5.10 Å². The Morgan fingerprint density at radius 3 is 2.64 bits per heavy atom. The summed E-state index contributed by atoms with van der Waals surface area (Å²) in [6, 6.07) is 0.517. The Balaban J connectivity index is 1.48. The second kappa shape index (κ2) is 8.00. The molecule has 0 N–H and O–H groups in total. The van der Waals surface area contributed by atoms with Crippen molar-refractivity contribution < 1.29 is 0 Å². The maximum atomic E-state index is 4.44. The Morgan fingerprint density at radius 2 is 2.00 bits per heavy atom. The molecule has 3 rings (SSSR count). The summed E-state index contributed by atoms with van der Waals surface area (Å²) in [5.41, 5.74) is 3.08. The van der Waals surface area contributed by atoms with Crippen molar-refractivity contribution in [2.75, 3.05) is 32.7 Å². The SMILES string of the molecule is CCC=C(C)CN1CCC(n2cc(CN3CCC(C)(C)C3)nn2)CC1. The number of allylic oxidation sites excluding steroid dienone is 1. The number of hydrogen-bond acceptors (Lipinski definition) is 4. The zero-order valence-electron chi connectivity index (χ0n) is 16.5. The Hall–Kier alpha value is -1.20. The average Bonchev–Trinajstić information content (AvgIpc) is 3.15. The van der Waals surface area contributed by atoms with Crippen LogP contribution >= 0.6 is 0 Å². The molecule has 2 fully saturated rings. The molecule has 0 saturated carbocycles. The van der Waals surface area contributed by atoms with Gasteiger partial charge in [0.25, 0.3) is 0 Å². The van der Waals surface area contributed by atoms with E-state index in [1.165, 1.54) is 37.9 Å². The molecule has 0 radical (unpaired) electrons. The number of aromatic nitrogens is 3. The third-order valence-electron chi connectivity index (χ3n) is 5.66. The first-order chi connectivity index (χ1) is 11.9. The fourth-order valence-corrected chi connectivity index (χ4v) is 4.26. The fourth-order valence-electron chi connectivity index (χ4n) is 4.26. The van der Waals surface area contributed by atoms with Crippen LogP contribution in [0.5, 0.6) is 0 Å². The highest BCUT2D eigenvalue weighted by atomic mass is 15.4. The molecular formula is C20H35N5. The van der Waals surface area contributed by atoms with Crippen LogP contribution in [0.15, 0.2) is 17.8 Å². The molecule has 2 aliphatic rings. The van der Waals surface area contributed by atoms with Crippen molar-refractivity contribution in [3.8, 4) is 0 Å². The Bertz CT molecular complexity index is 581. The predicted molar refractivity (Wildman–Crippen MR) is 102 cm³/mol. The van der Waals surface area contributed by atoms with E-state index in [4.69, 9.17) is 0 Å². The quantitative estimate of drug-likeness (QED) is 0.740. The molecule has 25 heavy (non-hydrogen) atoms. The van der Waals surface area contributed by atoms with Crippen molar-refractivity contribution in [1.29, 1.82) is 0 Å². The number of rotatable bonds is 6. The monoisotopic (exact) mass is 345 g/mol. The van der Waals surface area contributed by atoms with E-state index >= 15 is 0 Å². The van der Waals surface area contributed by atoms with Crippen LogP contribution < -0.4 is 0 Å². The van der Waals surface area contributed by atoms with E-state index in [9.17, 15) is 0 Å². The van der Waals surface area contributed by atoms with Crippen LogP contribution in [0.1, 0.15) is 65.1 Å². The molecular weight excluding hydrogens is 310 g/mol. The molecule has 0 amide bonds. The molecule has 5 nitrogen and oxygen atoms in total. The highest BCUT2D eigenvalue weighted by molar-refractivity contribution is 5.01. The maximum Gasteiger partial charge on any atom is 0.0967 e. The third-order valence-corrected chi connectivity index (χ3v) is 5.66. The minimum atomic E-state index is 0.452. The molecule has 0 aliphatic carbocycles. The molecule has 140 valence electrons. The zero-order chi connectivity index (χ0) is 17.9. The first kappa shape index (κ1) is 18.6. The molecule has 0 atom stereocenters. The van der Waals surface area contributed by atoms with Gasteiger partial charge in [0.15, 0.2) is 0 Å².